The minimum atomic E-state index is 0.646. The summed E-state index contributed by atoms with van der Waals surface area (Å²) in [5, 5.41) is 20.8. The van der Waals surface area contributed by atoms with Crippen LogP contribution in [-0.2, 0) is 0 Å². The van der Waals surface area contributed by atoms with Gasteiger partial charge in [0.1, 0.15) is 0 Å². The molecule has 3 nitrogen and oxygen atoms in total. The predicted molar refractivity (Wildman–Crippen MR) is 159 cm³/mol. The van der Waals surface area contributed by atoms with Gasteiger partial charge in [0.05, 0.1) is 29.0 Å². The van der Waals surface area contributed by atoms with Crippen LogP contribution in [0.5, 0.6) is 0 Å². The molecule has 0 spiro atoms. The quantitative estimate of drug-likeness (QED) is 0.238. The van der Waals surface area contributed by atoms with Crippen molar-refractivity contribution in [2.24, 2.45) is 0 Å². The number of anilines is 3. The average Bonchev–Trinajstić information content (AvgIpc) is 3.02. The van der Waals surface area contributed by atoms with Gasteiger partial charge in [-0.1, -0.05) is 91.0 Å². The highest BCUT2D eigenvalue weighted by atomic mass is 15.1. The van der Waals surface area contributed by atoms with Crippen molar-refractivity contribution in [1.29, 1.82) is 10.5 Å². The van der Waals surface area contributed by atoms with Crippen molar-refractivity contribution in [3.8, 4) is 34.4 Å². The van der Waals surface area contributed by atoms with Crippen LogP contribution >= 0.6 is 0 Å². The Morgan fingerprint density at radius 2 is 0.897 bits per heavy atom. The molecule has 0 radical (unpaired) electrons. The second-order valence-electron chi connectivity index (χ2n) is 9.27. The molecule has 0 aliphatic carbocycles. The molecule has 0 saturated heterocycles. The Labute approximate surface area is 228 Å². The van der Waals surface area contributed by atoms with Crippen LogP contribution in [0.25, 0.3) is 33.0 Å². The van der Waals surface area contributed by atoms with E-state index in [1.165, 1.54) is 5.56 Å². The van der Waals surface area contributed by atoms with Gasteiger partial charge in [-0.15, -0.1) is 0 Å². The third kappa shape index (κ3) is 4.62. The summed E-state index contributed by atoms with van der Waals surface area (Å²) in [4.78, 5) is 2.24. The molecule has 0 aliphatic heterocycles. The second-order valence-corrected chi connectivity index (χ2v) is 9.27. The number of rotatable bonds is 5. The number of nitrogens with zero attached hydrogens (tertiary/aromatic N) is 3. The molecule has 0 unspecified atom stereocenters. The van der Waals surface area contributed by atoms with Gasteiger partial charge in [-0.25, -0.2) is 0 Å². The molecule has 6 aromatic rings. The van der Waals surface area contributed by atoms with E-state index in [0.29, 0.717) is 11.1 Å². The van der Waals surface area contributed by atoms with E-state index in [4.69, 9.17) is 5.26 Å². The molecule has 39 heavy (non-hydrogen) atoms. The zero-order valence-corrected chi connectivity index (χ0v) is 21.1. The molecule has 6 rings (SSSR count). The lowest BCUT2D eigenvalue weighted by molar-refractivity contribution is 1.30. The Balaban J connectivity index is 1.47. The number of fused-ring (bicyclic) bond motifs is 1. The largest absolute Gasteiger partial charge is 0.310 e. The van der Waals surface area contributed by atoms with Crippen LogP contribution in [0.2, 0.25) is 0 Å². The first-order chi connectivity index (χ1) is 19.2. The van der Waals surface area contributed by atoms with Crippen molar-refractivity contribution in [2.75, 3.05) is 4.90 Å². The standard InChI is InChI=1S/C36H23N3/c37-24-26-10-12-28(13-11-26)30-16-21-33(22-17-30)39(32-19-14-29(15-20-32)27-6-2-1-3-7-27)36-23-18-31(25-38)34-8-4-5-9-35(34)36/h1-23H. The minimum absolute atomic E-state index is 0.646. The normalized spacial score (nSPS) is 10.5. The fraction of sp³-hybridized carbons (Fsp3) is 0. The van der Waals surface area contributed by atoms with Crippen molar-refractivity contribution in [3.05, 3.63) is 151 Å². The highest BCUT2D eigenvalue weighted by Crippen LogP contribution is 2.40. The first-order valence-corrected chi connectivity index (χ1v) is 12.7. The van der Waals surface area contributed by atoms with E-state index in [1.54, 1.807) is 0 Å². The molecule has 0 atom stereocenters. The van der Waals surface area contributed by atoms with E-state index in [1.807, 2.05) is 72.8 Å². The lowest BCUT2D eigenvalue weighted by Gasteiger charge is -2.27. The van der Waals surface area contributed by atoms with Gasteiger partial charge >= 0.3 is 0 Å². The molecular weight excluding hydrogens is 474 g/mol. The van der Waals surface area contributed by atoms with Crippen molar-refractivity contribution in [3.63, 3.8) is 0 Å². The van der Waals surface area contributed by atoms with E-state index in [9.17, 15) is 5.26 Å². The van der Waals surface area contributed by atoms with Crippen LogP contribution in [-0.4, -0.2) is 0 Å². The average molecular weight is 498 g/mol. The molecule has 0 amide bonds. The Kier molecular flexibility index (Phi) is 6.32. The van der Waals surface area contributed by atoms with Gasteiger partial charge in [0.25, 0.3) is 0 Å². The Morgan fingerprint density at radius 1 is 0.410 bits per heavy atom. The van der Waals surface area contributed by atoms with Crippen molar-refractivity contribution >= 4 is 27.8 Å². The zero-order chi connectivity index (χ0) is 26.6. The van der Waals surface area contributed by atoms with Gasteiger partial charge in [0, 0.05) is 22.1 Å². The highest BCUT2D eigenvalue weighted by Gasteiger charge is 2.17. The fourth-order valence-corrected chi connectivity index (χ4v) is 4.98. The van der Waals surface area contributed by atoms with E-state index >= 15 is 0 Å². The van der Waals surface area contributed by atoms with Crippen molar-refractivity contribution < 1.29 is 0 Å². The van der Waals surface area contributed by atoms with E-state index in [0.717, 1.165) is 44.5 Å². The summed E-state index contributed by atoms with van der Waals surface area (Å²) >= 11 is 0. The molecule has 182 valence electrons. The summed E-state index contributed by atoms with van der Waals surface area (Å²) < 4.78 is 0. The minimum Gasteiger partial charge on any atom is -0.310 e. The van der Waals surface area contributed by atoms with Crippen LogP contribution in [0.1, 0.15) is 11.1 Å². The number of nitriles is 2. The topological polar surface area (TPSA) is 50.8 Å². The maximum atomic E-state index is 9.73. The predicted octanol–water partition coefficient (Wildman–Crippen LogP) is 9.39. The lowest BCUT2D eigenvalue weighted by atomic mass is 10.0. The second kappa shape index (κ2) is 10.4. The number of benzene rings is 6. The third-order valence-corrected chi connectivity index (χ3v) is 6.97. The highest BCUT2D eigenvalue weighted by molar-refractivity contribution is 6.01. The molecule has 6 aromatic carbocycles. The Bertz CT molecular complexity index is 1840. The van der Waals surface area contributed by atoms with E-state index in [-0.39, 0.29) is 0 Å². The summed E-state index contributed by atoms with van der Waals surface area (Å²) in [6.45, 7) is 0. The molecule has 0 aliphatic rings. The molecule has 0 fully saturated rings. The Morgan fingerprint density at radius 3 is 1.44 bits per heavy atom. The van der Waals surface area contributed by atoms with Crippen molar-refractivity contribution in [2.45, 2.75) is 0 Å². The fourth-order valence-electron chi connectivity index (χ4n) is 4.98. The maximum Gasteiger partial charge on any atom is 0.0998 e. The van der Waals surface area contributed by atoms with Gasteiger partial charge in [-0.2, -0.15) is 10.5 Å². The molecule has 0 saturated carbocycles. The van der Waals surface area contributed by atoms with E-state index in [2.05, 4.69) is 83.8 Å². The third-order valence-electron chi connectivity index (χ3n) is 6.97. The number of hydrogen-bond acceptors (Lipinski definition) is 3. The molecular formula is C36H23N3. The van der Waals surface area contributed by atoms with Crippen LogP contribution in [0, 0.1) is 22.7 Å². The van der Waals surface area contributed by atoms with Crippen molar-refractivity contribution in [1.82, 2.24) is 0 Å². The first-order valence-electron chi connectivity index (χ1n) is 12.7. The summed E-state index contributed by atoms with van der Waals surface area (Å²) in [6.07, 6.45) is 0. The van der Waals surface area contributed by atoms with Gasteiger partial charge in [0.15, 0.2) is 0 Å². The summed E-state index contributed by atoms with van der Waals surface area (Å²) in [5.74, 6) is 0. The molecule has 0 N–H and O–H groups in total. The molecule has 0 heterocycles. The molecule has 0 aromatic heterocycles. The lowest BCUT2D eigenvalue weighted by Crippen LogP contribution is -2.10. The molecule has 3 heteroatoms. The Hall–Kier alpha value is -5.64. The summed E-state index contributed by atoms with van der Waals surface area (Å²) in [5.41, 5.74) is 8.80. The summed E-state index contributed by atoms with van der Waals surface area (Å²) in [6, 6.07) is 51.5. The van der Waals surface area contributed by atoms with E-state index < -0.39 is 0 Å². The first kappa shape index (κ1) is 23.7. The molecule has 0 bridgehead atoms. The maximum absolute atomic E-state index is 9.73. The van der Waals surface area contributed by atoms with Crippen LogP contribution in [0.15, 0.2) is 140 Å². The van der Waals surface area contributed by atoms with Crippen LogP contribution in [0.3, 0.4) is 0 Å². The van der Waals surface area contributed by atoms with Gasteiger partial charge < -0.3 is 4.90 Å². The van der Waals surface area contributed by atoms with Crippen LogP contribution in [0.4, 0.5) is 17.1 Å². The zero-order valence-electron chi connectivity index (χ0n) is 21.1. The van der Waals surface area contributed by atoms with Gasteiger partial charge in [0.2, 0.25) is 0 Å². The van der Waals surface area contributed by atoms with Crippen LogP contribution < -0.4 is 4.90 Å². The van der Waals surface area contributed by atoms with Gasteiger partial charge in [-0.05, 0) is 70.8 Å². The summed E-state index contributed by atoms with van der Waals surface area (Å²) in [7, 11) is 0. The number of hydrogen-bond donors (Lipinski definition) is 0. The monoisotopic (exact) mass is 497 g/mol. The van der Waals surface area contributed by atoms with Gasteiger partial charge in [-0.3, -0.25) is 0 Å². The SMILES string of the molecule is N#Cc1ccc(-c2ccc(N(c3ccc(-c4ccccc4)cc3)c3ccc(C#N)c4ccccc34)cc2)cc1. The smallest absolute Gasteiger partial charge is 0.0998 e.